The molecule has 2 N–H and O–H groups in total. The average molecular weight is 417 g/mol. The molecule has 4 nitrogen and oxygen atoms in total. The van der Waals surface area contributed by atoms with E-state index in [0.29, 0.717) is 6.54 Å². The lowest BCUT2D eigenvalue weighted by molar-refractivity contribution is 0.267. The summed E-state index contributed by atoms with van der Waals surface area (Å²) < 4.78 is 7.07. The molecule has 0 unspecified atom stereocenters. The maximum Gasteiger partial charge on any atom is 0.252 e. The lowest BCUT2D eigenvalue weighted by atomic mass is 9.80. The Balaban J connectivity index is 1.52. The number of fused-ring (bicyclic) bond motifs is 2. The van der Waals surface area contributed by atoms with Crippen LogP contribution in [0.3, 0.4) is 0 Å². The summed E-state index contributed by atoms with van der Waals surface area (Å²) in [6.45, 7) is 6.02. The molecule has 0 bridgehead atoms. The Kier molecular flexibility index (Phi) is 4.70. The fourth-order valence-corrected chi connectivity index (χ4v) is 5.10. The van der Waals surface area contributed by atoms with Gasteiger partial charge in [-0.3, -0.25) is 4.79 Å². The molecule has 4 rings (SSSR count). The van der Waals surface area contributed by atoms with Crippen molar-refractivity contribution >= 4 is 15.9 Å². The van der Waals surface area contributed by atoms with Crippen molar-refractivity contribution in [1.82, 2.24) is 10.3 Å². The summed E-state index contributed by atoms with van der Waals surface area (Å²) in [5, 5.41) is 3.43. The minimum atomic E-state index is 0.00319. The van der Waals surface area contributed by atoms with Crippen LogP contribution in [-0.2, 0) is 18.5 Å². The van der Waals surface area contributed by atoms with Gasteiger partial charge in [-0.25, -0.2) is 0 Å². The Bertz CT molecular complexity index is 898. The third-order valence-electron chi connectivity index (χ3n) is 5.85. The smallest absolute Gasteiger partial charge is 0.252 e. The summed E-state index contributed by atoms with van der Waals surface area (Å²) in [4.78, 5) is 15.0. The quantitative estimate of drug-likeness (QED) is 0.782. The van der Waals surface area contributed by atoms with Gasteiger partial charge in [0.15, 0.2) is 0 Å². The molecular formula is C21H25BrN2O2. The normalized spacial score (nSPS) is 17.5. The highest BCUT2D eigenvalue weighted by molar-refractivity contribution is 9.10. The van der Waals surface area contributed by atoms with E-state index in [-0.39, 0.29) is 11.0 Å². The summed E-state index contributed by atoms with van der Waals surface area (Å²) in [5.41, 5.74) is 5.57. The van der Waals surface area contributed by atoms with Crippen LogP contribution in [0.15, 0.2) is 27.5 Å². The van der Waals surface area contributed by atoms with E-state index in [4.69, 9.17) is 4.74 Å². The maximum atomic E-state index is 12.2. The van der Waals surface area contributed by atoms with Crippen molar-refractivity contribution in [3.63, 3.8) is 0 Å². The van der Waals surface area contributed by atoms with Crippen LogP contribution in [0.2, 0.25) is 0 Å². The standard InChI is InChI=1S/C21H25BrN2O2/c1-13-7-14(2)24-20(25)16(13)11-23-10-15-8-17-19(18(22)9-15)26-12-21(17)5-3-4-6-21/h7-9,23H,3-6,10-12H2,1-2H3,(H,24,25). The molecule has 1 fully saturated rings. The SMILES string of the molecule is Cc1cc(C)c(CNCc2cc(Br)c3c(c2)C2(CCCC2)CO3)c(=O)[nH]1. The lowest BCUT2D eigenvalue weighted by Crippen LogP contribution is -2.24. The Morgan fingerprint density at radius 3 is 2.69 bits per heavy atom. The van der Waals surface area contributed by atoms with E-state index in [1.165, 1.54) is 36.8 Å². The number of hydrogen-bond donors (Lipinski definition) is 2. The molecule has 1 saturated carbocycles. The second kappa shape index (κ2) is 6.86. The van der Waals surface area contributed by atoms with Crippen molar-refractivity contribution < 1.29 is 4.74 Å². The molecule has 26 heavy (non-hydrogen) atoms. The highest BCUT2D eigenvalue weighted by Crippen LogP contribution is 2.51. The van der Waals surface area contributed by atoms with Gasteiger partial charge in [0.05, 0.1) is 11.1 Å². The fourth-order valence-electron chi connectivity index (χ4n) is 4.48. The number of ether oxygens (including phenoxy) is 1. The van der Waals surface area contributed by atoms with E-state index in [0.717, 1.165) is 40.2 Å². The van der Waals surface area contributed by atoms with Gasteiger partial charge in [-0.15, -0.1) is 0 Å². The number of pyridine rings is 1. The molecule has 2 heterocycles. The molecule has 0 amide bonds. The van der Waals surface area contributed by atoms with Gasteiger partial charge in [0.25, 0.3) is 5.56 Å². The first kappa shape index (κ1) is 17.8. The molecule has 0 atom stereocenters. The molecule has 138 valence electrons. The zero-order valence-electron chi connectivity index (χ0n) is 15.4. The summed E-state index contributed by atoms with van der Waals surface area (Å²) in [5.74, 6) is 1.03. The van der Waals surface area contributed by atoms with Gasteiger partial charge < -0.3 is 15.0 Å². The lowest BCUT2D eigenvalue weighted by Gasteiger charge is -2.21. The third kappa shape index (κ3) is 3.12. The van der Waals surface area contributed by atoms with Crippen LogP contribution in [0.25, 0.3) is 0 Å². The second-order valence-corrected chi connectivity index (χ2v) is 8.63. The first-order valence-corrected chi connectivity index (χ1v) is 10.1. The predicted molar refractivity (Wildman–Crippen MR) is 107 cm³/mol. The van der Waals surface area contributed by atoms with E-state index in [2.05, 4.69) is 38.4 Å². The van der Waals surface area contributed by atoms with Gasteiger partial charge in [0, 0.05) is 35.3 Å². The highest BCUT2D eigenvalue weighted by atomic mass is 79.9. The Labute approximate surface area is 162 Å². The number of rotatable bonds is 4. The molecule has 0 saturated heterocycles. The topological polar surface area (TPSA) is 54.1 Å². The summed E-state index contributed by atoms with van der Waals surface area (Å²) in [6.07, 6.45) is 5.03. The van der Waals surface area contributed by atoms with E-state index >= 15 is 0 Å². The monoisotopic (exact) mass is 416 g/mol. The first-order valence-electron chi connectivity index (χ1n) is 9.34. The Morgan fingerprint density at radius 2 is 1.96 bits per heavy atom. The number of H-pyrrole nitrogens is 1. The Hall–Kier alpha value is -1.59. The van der Waals surface area contributed by atoms with Crippen molar-refractivity contribution in [2.45, 2.75) is 58.0 Å². The fraction of sp³-hybridized carbons (Fsp3) is 0.476. The summed E-state index contributed by atoms with van der Waals surface area (Å²) in [6, 6.07) is 6.45. The molecule has 5 heteroatoms. The molecule has 0 radical (unpaired) electrons. The van der Waals surface area contributed by atoms with E-state index in [9.17, 15) is 4.79 Å². The molecule has 1 aromatic heterocycles. The molecule has 1 spiro atoms. The summed E-state index contributed by atoms with van der Waals surface area (Å²) in [7, 11) is 0. The number of benzene rings is 1. The van der Waals surface area contributed by atoms with Crippen molar-refractivity contribution in [2.75, 3.05) is 6.61 Å². The number of aryl methyl sites for hydroxylation is 2. The minimum Gasteiger partial charge on any atom is -0.491 e. The van der Waals surface area contributed by atoms with E-state index in [1.54, 1.807) is 0 Å². The van der Waals surface area contributed by atoms with Crippen LogP contribution in [0, 0.1) is 13.8 Å². The number of aromatic nitrogens is 1. The second-order valence-electron chi connectivity index (χ2n) is 7.78. The molecular weight excluding hydrogens is 392 g/mol. The molecule has 1 aliphatic heterocycles. The largest absolute Gasteiger partial charge is 0.491 e. The molecule has 1 aromatic carbocycles. The first-order chi connectivity index (χ1) is 12.5. The number of halogens is 1. The van der Waals surface area contributed by atoms with Crippen LogP contribution >= 0.6 is 15.9 Å². The van der Waals surface area contributed by atoms with Gasteiger partial charge in [0.2, 0.25) is 0 Å². The van der Waals surface area contributed by atoms with Gasteiger partial charge in [-0.1, -0.05) is 18.9 Å². The molecule has 2 aliphatic rings. The van der Waals surface area contributed by atoms with Crippen LogP contribution in [0.1, 0.15) is 53.6 Å². The predicted octanol–water partition coefficient (Wildman–Crippen LogP) is 4.25. The highest BCUT2D eigenvalue weighted by Gasteiger charge is 2.43. The van der Waals surface area contributed by atoms with Crippen LogP contribution in [0.5, 0.6) is 5.75 Å². The minimum absolute atomic E-state index is 0.00319. The van der Waals surface area contributed by atoms with Gasteiger partial charge in [-0.2, -0.15) is 0 Å². The van der Waals surface area contributed by atoms with Gasteiger partial charge >= 0.3 is 0 Å². The van der Waals surface area contributed by atoms with Crippen molar-refractivity contribution in [2.24, 2.45) is 0 Å². The van der Waals surface area contributed by atoms with Crippen LogP contribution in [-0.4, -0.2) is 11.6 Å². The molecule has 1 aliphatic carbocycles. The Morgan fingerprint density at radius 1 is 1.19 bits per heavy atom. The van der Waals surface area contributed by atoms with Crippen molar-refractivity contribution in [1.29, 1.82) is 0 Å². The van der Waals surface area contributed by atoms with Gasteiger partial charge in [0.1, 0.15) is 5.75 Å². The zero-order valence-corrected chi connectivity index (χ0v) is 17.0. The summed E-state index contributed by atoms with van der Waals surface area (Å²) >= 11 is 3.69. The maximum absolute atomic E-state index is 12.2. The third-order valence-corrected chi connectivity index (χ3v) is 6.44. The average Bonchev–Trinajstić information content (AvgIpc) is 3.19. The van der Waals surface area contributed by atoms with E-state index < -0.39 is 0 Å². The van der Waals surface area contributed by atoms with Crippen LogP contribution < -0.4 is 15.6 Å². The number of nitrogens with one attached hydrogen (secondary N) is 2. The van der Waals surface area contributed by atoms with Crippen LogP contribution in [0.4, 0.5) is 0 Å². The van der Waals surface area contributed by atoms with E-state index in [1.807, 2.05) is 19.9 Å². The van der Waals surface area contributed by atoms with Crippen molar-refractivity contribution in [3.05, 3.63) is 61.0 Å². The van der Waals surface area contributed by atoms with Crippen molar-refractivity contribution in [3.8, 4) is 5.75 Å². The van der Waals surface area contributed by atoms with Gasteiger partial charge in [-0.05, 0) is 65.9 Å². The number of hydrogen-bond acceptors (Lipinski definition) is 3. The zero-order chi connectivity index (χ0) is 18.3. The number of aromatic amines is 1. The molecule has 2 aromatic rings.